The molecule has 0 radical (unpaired) electrons. The second kappa shape index (κ2) is 3.62. The van der Waals surface area contributed by atoms with Crippen LogP contribution in [0.5, 0.6) is 0 Å². The lowest BCUT2D eigenvalue weighted by molar-refractivity contribution is 0.486. The van der Waals surface area contributed by atoms with E-state index in [1.807, 2.05) is 7.05 Å². The fraction of sp³-hybridized carbons (Fsp3) is 0.500. The molecule has 78 valence electrons. The summed E-state index contributed by atoms with van der Waals surface area (Å²) >= 11 is 0. The maximum atomic E-state index is 3.24. The Morgan fingerprint density at radius 2 is 1.43 bits per heavy atom. The zero-order valence-electron chi connectivity index (χ0n) is 10.1. The molecular formula is C12H21N2+. The summed E-state index contributed by atoms with van der Waals surface area (Å²) in [7, 11) is 8.54. The van der Waals surface area contributed by atoms with Crippen molar-refractivity contribution in [3.8, 4) is 0 Å². The number of aryl methyl sites for hydroxylation is 2. The number of hydrogen-bond acceptors (Lipinski definition) is 1. The van der Waals surface area contributed by atoms with Gasteiger partial charge in [0.25, 0.3) is 0 Å². The topological polar surface area (TPSA) is 12.0 Å². The molecule has 1 aromatic carbocycles. The minimum atomic E-state index is 0.867. The Morgan fingerprint density at radius 1 is 1.00 bits per heavy atom. The van der Waals surface area contributed by atoms with Gasteiger partial charge in [-0.05, 0) is 25.0 Å². The number of hydrogen-bond donors (Lipinski definition) is 1. The van der Waals surface area contributed by atoms with Crippen LogP contribution in [-0.4, -0.2) is 28.2 Å². The molecule has 0 fully saturated rings. The highest BCUT2D eigenvalue weighted by atomic mass is 15.3. The Kier molecular flexibility index (Phi) is 2.86. The van der Waals surface area contributed by atoms with E-state index in [2.05, 4.69) is 52.4 Å². The molecule has 0 unspecified atom stereocenters. The van der Waals surface area contributed by atoms with Crippen molar-refractivity contribution in [2.24, 2.45) is 0 Å². The molecule has 1 N–H and O–H groups in total. The van der Waals surface area contributed by atoms with E-state index in [0.29, 0.717) is 0 Å². The molecule has 0 heterocycles. The van der Waals surface area contributed by atoms with Gasteiger partial charge in [0.2, 0.25) is 0 Å². The van der Waals surface area contributed by atoms with Crippen molar-refractivity contribution in [1.29, 1.82) is 0 Å². The van der Waals surface area contributed by atoms with Crippen molar-refractivity contribution in [2.45, 2.75) is 13.8 Å². The lowest BCUT2D eigenvalue weighted by Gasteiger charge is -2.25. The largest absolute Gasteiger partial charge is 0.388 e. The summed E-state index contributed by atoms with van der Waals surface area (Å²) in [5.74, 6) is 0. The van der Waals surface area contributed by atoms with Crippen molar-refractivity contribution < 1.29 is 0 Å². The molecule has 0 bridgehead atoms. The summed E-state index contributed by atoms with van der Waals surface area (Å²) in [6.45, 7) is 4.30. The molecule has 0 saturated carbocycles. The zero-order valence-corrected chi connectivity index (χ0v) is 10.1. The quantitative estimate of drug-likeness (QED) is 0.712. The van der Waals surface area contributed by atoms with Crippen LogP contribution in [0.1, 0.15) is 11.1 Å². The van der Waals surface area contributed by atoms with Gasteiger partial charge in [-0.2, -0.15) is 0 Å². The SMILES string of the molecule is CNc1c(C)cc([N+](C)(C)C)cc1C. The van der Waals surface area contributed by atoms with E-state index in [4.69, 9.17) is 0 Å². The summed E-state index contributed by atoms with van der Waals surface area (Å²) < 4.78 is 0.867. The van der Waals surface area contributed by atoms with Crippen LogP contribution in [-0.2, 0) is 0 Å². The molecule has 2 nitrogen and oxygen atoms in total. The molecule has 0 aliphatic carbocycles. The van der Waals surface area contributed by atoms with E-state index in [1.165, 1.54) is 22.5 Å². The van der Waals surface area contributed by atoms with Crippen molar-refractivity contribution in [2.75, 3.05) is 33.5 Å². The highest BCUT2D eigenvalue weighted by Crippen LogP contribution is 2.27. The maximum absolute atomic E-state index is 3.24. The monoisotopic (exact) mass is 193 g/mol. The van der Waals surface area contributed by atoms with E-state index in [0.717, 1.165) is 4.48 Å². The van der Waals surface area contributed by atoms with Crippen molar-refractivity contribution >= 4 is 11.4 Å². The number of nitrogens with one attached hydrogen (secondary N) is 1. The molecule has 1 rings (SSSR count). The van der Waals surface area contributed by atoms with Crippen LogP contribution in [0.3, 0.4) is 0 Å². The Morgan fingerprint density at radius 3 is 1.71 bits per heavy atom. The molecule has 0 saturated heterocycles. The minimum Gasteiger partial charge on any atom is -0.388 e. The number of quaternary nitrogens is 1. The molecule has 2 heteroatoms. The van der Waals surface area contributed by atoms with Crippen LogP contribution in [0.25, 0.3) is 0 Å². The lowest BCUT2D eigenvalue weighted by atomic mass is 10.1. The van der Waals surface area contributed by atoms with Crippen LogP contribution < -0.4 is 9.80 Å². The third-order valence-electron chi connectivity index (χ3n) is 2.54. The second-order valence-corrected chi connectivity index (χ2v) is 4.72. The summed E-state index contributed by atoms with van der Waals surface area (Å²) in [4.78, 5) is 0. The molecule has 0 aliphatic heterocycles. The van der Waals surface area contributed by atoms with Crippen LogP contribution in [0.4, 0.5) is 11.4 Å². The Labute approximate surface area is 87.1 Å². The number of rotatable bonds is 2. The first kappa shape index (κ1) is 11.1. The van der Waals surface area contributed by atoms with Gasteiger partial charge in [-0.15, -0.1) is 0 Å². The van der Waals surface area contributed by atoms with Gasteiger partial charge >= 0.3 is 0 Å². The second-order valence-electron chi connectivity index (χ2n) is 4.72. The summed E-state index contributed by atoms with van der Waals surface area (Å²) in [5, 5.41) is 3.24. The van der Waals surface area contributed by atoms with Gasteiger partial charge in [0.05, 0.1) is 21.1 Å². The first-order valence-corrected chi connectivity index (χ1v) is 4.97. The van der Waals surface area contributed by atoms with Gasteiger partial charge in [0.15, 0.2) is 0 Å². The summed E-state index contributed by atoms with van der Waals surface area (Å²) in [6, 6.07) is 4.50. The van der Waals surface area contributed by atoms with Crippen LogP contribution in [0.2, 0.25) is 0 Å². The summed E-state index contributed by atoms with van der Waals surface area (Å²) in [6.07, 6.45) is 0. The van der Waals surface area contributed by atoms with Gasteiger partial charge in [-0.25, -0.2) is 0 Å². The zero-order chi connectivity index (χ0) is 10.9. The Bertz CT molecular complexity index is 312. The third-order valence-corrected chi connectivity index (χ3v) is 2.54. The normalized spacial score (nSPS) is 11.6. The predicted molar refractivity (Wildman–Crippen MR) is 65.0 cm³/mol. The molecule has 0 aliphatic rings. The highest BCUT2D eigenvalue weighted by molar-refractivity contribution is 5.63. The first-order valence-electron chi connectivity index (χ1n) is 4.97. The van der Waals surface area contributed by atoms with E-state index >= 15 is 0 Å². The molecule has 0 amide bonds. The number of anilines is 1. The molecule has 0 spiro atoms. The van der Waals surface area contributed by atoms with Gasteiger partial charge in [-0.3, -0.25) is 4.48 Å². The van der Waals surface area contributed by atoms with Gasteiger partial charge in [0.1, 0.15) is 5.69 Å². The van der Waals surface area contributed by atoms with Gasteiger partial charge in [0, 0.05) is 24.9 Å². The maximum Gasteiger partial charge on any atom is 0.132 e. The van der Waals surface area contributed by atoms with Crippen molar-refractivity contribution in [3.63, 3.8) is 0 Å². The van der Waals surface area contributed by atoms with E-state index < -0.39 is 0 Å². The molecule has 1 aromatic rings. The summed E-state index contributed by atoms with van der Waals surface area (Å²) in [5.41, 5.74) is 5.23. The standard InChI is InChI=1S/C12H21N2/c1-9-7-11(14(4,5)6)8-10(2)12(9)13-3/h7-8,13H,1-6H3/q+1. The van der Waals surface area contributed by atoms with E-state index in [-0.39, 0.29) is 0 Å². The average Bonchev–Trinajstić information content (AvgIpc) is 2.01. The third kappa shape index (κ3) is 2.07. The van der Waals surface area contributed by atoms with Crippen LogP contribution in [0.15, 0.2) is 12.1 Å². The average molecular weight is 193 g/mol. The molecule has 0 atom stereocenters. The fourth-order valence-corrected chi connectivity index (χ4v) is 1.72. The van der Waals surface area contributed by atoms with Crippen molar-refractivity contribution in [1.82, 2.24) is 4.48 Å². The van der Waals surface area contributed by atoms with Gasteiger partial charge < -0.3 is 5.32 Å². The van der Waals surface area contributed by atoms with E-state index in [9.17, 15) is 0 Å². The Hall–Kier alpha value is -1.02. The van der Waals surface area contributed by atoms with E-state index in [1.54, 1.807) is 0 Å². The number of benzene rings is 1. The fourth-order valence-electron chi connectivity index (χ4n) is 1.72. The van der Waals surface area contributed by atoms with Crippen LogP contribution >= 0.6 is 0 Å². The number of nitrogens with zero attached hydrogens (tertiary/aromatic N) is 1. The minimum absolute atomic E-state index is 0.867. The predicted octanol–water partition coefficient (Wildman–Crippen LogP) is 2.54. The highest BCUT2D eigenvalue weighted by Gasteiger charge is 2.14. The molecular weight excluding hydrogens is 172 g/mol. The lowest BCUT2D eigenvalue weighted by Crippen LogP contribution is -2.34. The van der Waals surface area contributed by atoms with Gasteiger partial charge in [-0.1, -0.05) is 0 Å². The molecule has 0 aromatic heterocycles. The van der Waals surface area contributed by atoms with Crippen LogP contribution in [0, 0.1) is 13.8 Å². The van der Waals surface area contributed by atoms with Crippen molar-refractivity contribution in [3.05, 3.63) is 23.3 Å². The first-order chi connectivity index (χ1) is 6.36. The Balaban J connectivity index is 3.28. The smallest absolute Gasteiger partial charge is 0.132 e. The molecule has 14 heavy (non-hydrogen) atoms.